The molecule has 1 heterocycles. The van der Waals surface area contributed by atoms with E-state index in [0.717, 1.165) is 27.6 Å². The van der Waals surface area contributed by atoms with Crippen molar-refractivity contribution in [3.63, 3.8) is 0 Å². The van der Waals surface area contributed by atoms with Gasteiger partial charge in [-0.05, 0) is 31.0 Å². The molecule has 0 aliphatic heterocycles. The Hall–Kier alpha value is -2.08. The van der Waals surface area contributed by atoms with Crippen molar-refractivity contribution >= 4 is 17.3 Å². The second-order valence-corrected chi connectivity index (χ2v) is 5.91. The third-order valence-corrected chi connectivity index (χ3v) is 4.83. The van der Waals surface area contributed by atoms with Crippen molar-refractivity contribution in [1.82, 2.24) is 4.98 Å². The van der Waals surface area contributed by atoms with Crippen LogP contribution in [-0.2, 0) is 11.2 Å². The number of ether oxygens (including phenoxy) is 2. The molecule has 0 amide bonds. The Labute approximate surface area is 126 Å². The first kappa shape index (κ1) is 13.9. The molecule has 21 heavy (non-hydrogen) atoms. The fraction of sp³-hybridized carbons (Fsp3) is 0.333. The number of fused-ring (bicyclic) bond motifs is 1. The first-order valence-corrected chi connectivity index (χ1v) is 7.40. The van der Waals surface area contributed by atoms with Gasteiger partial charge >= 0.3 is 5.97 Å². The van der Waals surface area contributed by atoms with Crippen molar-refractivity contribution < 1.29 is 19.4 Å². The Morgan fingerprint density at radius 1 is 1.33 bits per heavy atom. The molecule has 1 aromatic carbocycles. The van der Waals surface area contributed by atoms with E-state index in [1.165, 1.54) is 0 Å². The molecule has 0 saturated heterocycles. The SMILES string of the molecule is COc1ccc(-c2nc3c(s2)CCC3C(=O)O)cc1OC. The van der Waals surface area contributed by atoms with E-state index in [1.54, 1.807) is 25.6 Å². The lowest BCUT2D eigenvalue weighted by molar-refractivity contribution is -0.138. The Kier molecular flexibility index (Phi) is 3.55. The number of nitrogens with zero attached hydrogens (tertiary/aromatic N) is 1. The van der Waals surface area contributed by atoms with Crippen molar-refractivity contribution in [2.75, 3.05) is 14.2 Å². The zero-order valence-corrected chi connectivity index (χ0v) is 12.6. The average Bonchev–Trinajstić information content (AvgIpc) is 3.06. The second-order valence-electron chi connectivity index (χ2n) is 4.83. The van der Waals surface area contributed by atoms with Gasteiger partial charge in [-0.15, -0.1) is 11.3 Å². The number of benzene rings is 1. The molecule has 0 fully saturated rings. The summed E-state index contributed by atoms with van der Waals surface area (Å²) in [4.78, 5) is 16.8. The lowest BCUT2D eigenvalue weighted by Crippen LogP contribution is -2.08. The van der Waals surface area contributed by atoms with E-state index < -0.39 is 11.9 Å². The van der Waals surface area contributed by atoms with E-state index in [0.29, 0.717) is 17.9 Å². The summed E-state index contributed by atoms with van der Waals surface area (Å²) < 4.78 is 10.5. The largest absolute Gasteiger partial charge is 0.493 e. The molecule has 1 atom stereocenters. The first-order valence-electron chi connectivity index (χ1n) is 6.59. The molecule has 2 aromatic rings. The molecule has 0 saturated carbocycles. The first-order chi connectivity index (χ1) is 10.1. The molecule has 1 aromatic heterocycles. The van der Waals surface area contributed by atoms with E-state index in [4.69, 9.17) is 9.47 Å². The highest BCUT2D eigenvalue weighted by molar-refractivity contribution is 7.15. The van der Waals surface area contributed by atoms with Gasteiger partial charge in [0.1, 0.15) is 10.9 Å². The number of hydrogen-bond acceptors (Lipinski definition) is 5. The average molecular weight is 305 g/mol. The van der Waals surface area contributed by atoms with Crippen LogP contribution < -0.4 is 9.47 Å². The predicted molar refractivity (Wildman–Crippen MR) is 79.4 cm³/mol. The van der Waals surface area contributed by atoms with Gasteiger partial charge < -0.3 is 14.6 Å². The number of aryl methyl sites for hydroxylation is 1. The summed E-state index contributed by atoms with van der Waals surface area (Å²) in [5.41, 5.74) is 1.63. The monoisotopic (exact) mass is 305 g/mol. The molecule has 3 rings (SSSR count). The van der Waals surface area contributed by atoms with Crippen LogP contribution in [0, 0.1) is 0 Å². The topological polar surface area (TPSA) is 68.7 Å². The van der Waals surface area contributed by atoms with Crippen LogP contribution in [0.15, 0.2) is 18.2 Å². The van der Waals surface area contributed by atoms with E-state index in [1.807, 2.05) is 18.2 Å². The summed E-state index contributed by atoms with van der Waals surface area (Å²) in [5.74, 6) is 0.0389. The molecule has 1 aliphatic rings. The van der Waals surface area contributed by atoms with Gasteiger partial charge in [0.2, 0.25) is 0 Å². The Morgan fingerprint density at radius 3 is 2.76 bits per heavy atom. The minimum Gasteiger partial charge on any atom is -0.493 e. The normalized spacial score (nSPS) is 16.6. The number of carboxylic acid groups (broad SMARTS) is 1. The smallest absolute Gasteiger partial charge is 0.312 e. The van der Waals surface area contributed by atoms with Gasteiger partial charge in [-0.2, -0.15) is 0 Å². The number of thiazole rings is 1. The molecule has 1 aliphatic carbocycles. The highest BCUT2D eigenvalue weighted by Crippen LogP contribution is 2.41. The van der Waals surface area contributed by atoms with Crippen molar-refractivity contribution in [3.8, 4) is 22.1 Å². The van der Waals surface area contributed by atoms with Crippen molar-refractivity contribution in [2.24, 2.45) is 0 Å². The Morgan fingerprint density at radius 2 is 2.10 bits per heavy atom. The summed E-state index contributed by atoms with van der Waals surface area (Å²) in [6.07, 6.45) is 1.44. The van der Waals surface area contributed by atoms with Gasteiger partial charge in [0, 0.05) is 10.4 Å². The van der Waals surface area contributed by atoms with Crippen LogP contribution in [0.5, 0.6) is 11.5 Å². The molecule has 1 unspecified atom stereocenters. The van der Waals surface area contributed by atoms with Crippen LogP contribution in [0.3, 0.4) is 0 Å². The number of hydrogen-bond donors (Lipinski definition) is 1. The van der Waals surface area contributed by atoms with E-state index in [9.17, 15) is 9.90 Å². The minimum atomic E-state index is -0.794. The molecule has 0 radical (unpaired) electrons. The second kappa shape index (κ2) is 5.37. The number of carbonyl (C=O) groups is 1. The van der Waals surface area contributed by atoms with Gasteiger partial charge in [-0.3, -0.25) is 4.79 Å². The molecular weight excluding hydrogens is 290 g/mol. The standard InChI is InChI=1S/C15H15NO4S/c1-19-10-5-3-8(7-11(10)20-2)14-16-13-9(15(17)18)4-6-12(13)21-14/h3,5,7,9H,4,6H2,1-2H3,(H,17,18). The third kappa shape index (κ3) is 2.35. The summed E-state index contributed by atoms with van der Waals surface area (Å²) in [7, 11) is 3.18. The third-order valence-electron chi connectivity index (χ3n) is 3.65. The van der Waals surface area contributed by atoms with Crippen LogP contribution in [0.4, 0.5) is 0 Å². The summed E-state index contributed by atoms with van der Waals surface area (Å²) in [6.45, 7) is 0. The van der Waals surface area contributed by atoms with Gasteiger partial charge in [-0.25, -0.2) is 4.98 Å². The fourth-order valence-corrected chi connectivity index (χ4v) is 3.69. The fourth-order valence-electron chi connectivity index (χ4n) is 2.56. The lowest BCUT2D eigenvalue weighted by Gasteiger charge is -2.08. The maximum absolute atomic E-state index is 11.2. The molecule has 1 N–H and O–H groups in total. The van der Waals surface area contributed by atoms with Gasteiger partial charge in [0.15, 0.2) is 11.5 Å². The molecular formula is C15H15NO4S. The van der Waals surface area contributed by atoms with Crippen LogP contribution in [0.25, 0.3) is 10.6 Å². The quantitative estimate of drug-likeness (QED) is 0.940. The Bertz CT molecular complexity index is 695. The van der Waals surface area contributed by atoms with Crippen molar-refractivity contribution in [3.05, 3.63) is 28.8 Å². The summed E-state index contributed by atoms with van der Waals surface area (Å²) >= 11 is 1.56. The molecule has 6 heteroatoms. The summed E-state index contributed by atoms with van der Waals surface area (Å²) in [5, 5.41) is 10.0. The minimum absolute atomic E-state index is 0.467. The number of aliphatic carboxylic acids is 1. The number of aromatic nitrogens is 1. The zero-order chi connectivity index (χ0) is 15.0. The zero-order valence-electron chi connectivity index (χ0n) is 11.8. The van der Waals surface area contributed by atoms with Gasteiger partial charge in [0.25, 0.3) is 0 Å². The van der Waals surface area contributed by atoms with E-state index in [-0.39, 0.29) is 0 Å². The van der Waals surface area contributed by atoms with Gasteiger partial charge in [0.05, 0.1) is 19.9 Å². The highest BCUT2D eigenvalue weighted by atomic mass is 32.1. The number of carboxylic acids is 1. The predicted octanol–water partition coefficient (Wildman–Crippen LogP) is 2.94. The van der Waals surface area contributed by atoms with Gasteiger partial charge in [-0.1, -0.05) is 0 Å². The van der Waals surface area contributed by atoms with Crippen LogP contribution in [-0.4, -0.2) is 30.3 Å². The molecule has 0 bridgehead atoms. The summed E-state index contributed by atoms with van der Waals surface area (Å²) in [6, 6.07) is 5.60. The van der Waals surface area contributed by atoms with Crippen molar-refractivity contribution in [1.29, 1.82) is 0 Å². The van der Waals surface area contributed by atoms with Crippen LogP contribution in [0.2, 0.25) is 0 Å². The maximum atomic E-state index is 11.2. The highest BCUT2D eigenvalue weighted by Gasteiger charge is 2.32. The molecule has 5 nitrogen and oxygen atoms in total. The van der Waals surface area contributed by atoms with Crippen LogP contribution >= 0.6 is 11.3 Å². The molecule has 110 valence electrons. The van der Waals surface area contributed by atoms with E-state index in [2.05, 4.69) is 4.98 Å². The van der Waals surface area contributed by atoms with E-state index >= 15 is 0 Å². The number of rotatable bonds is 4. The lowest BCUT2D eigenvalue weighted by atomic mass is 10.1. The maximum Gasteiger partial charge on any atom is 0.312 e. The number of methoxy groups -OCH3 is 2. The van der Waals surface area contributed by atoms with Crippen molar-refractivity contribution in [2.45, 2.75) is 18.8 Å². The van der Waals surface area contributed by atoms with Crippen LogP contribution in [0.1, 0.15) is 22.9 Å². The molecule has 0 spiro atoms. The Balaban J connectivity index is 1.99.